The maximum Gasteiger partial charge on any atom is 0.323 e. The van der Waals surface area contributed by atoms with Gasteiger partial charge < -0.3 is 15.7 Å². The molecule has 0 aromatic carbocycles. The molecule has 3 rings (SSSR count). The van der Waals surface area contributed by atoms with Crippen LogP contribution in [0, 0.1) is 0 Å². The molecule has 0 aliphatic carbocycles. The van der Waals surface area contributed by atoms with Crippen molar-refractivity contribution in [3.05, 3.63) is 17.8 Å². The smallest absolute Gasteiger partial charge is 0.323 e. The number of aliphatic carboxylic acids is 1. The molecule has 2 aromatic heterocycles. The number of thiophene rings is 1. The van der Waals surface area contributed by atoms with E-state index in [0.29, 0.717) is 25.9 Å². The van der Waals surface area contributed by atoms with Crippen molar-refractivity contribution in [2.24, 2.45) is 5.73 Å². The second kappa shape index (κ2) is 4.43. The highest BCUT2D eigenvalue weighted by molar-refractivity contribution is 7.17. The Bertz CT molecular complexity index is 619. The van der Waals surface area contributed by atoms with Gasteiger partial charge in [-0.1, -0.05) is 0 Å². The summed E-state index contributed by atoms with van der Waals surface area (Å²) in [5.41, 5.74) is 5.71. The van der Waals surface area contributed by atoms with Crippen LogP contribution in [-0.4, -0.2) is 39.7 Å². The highest BCUT2D eigenvalue weighted by Gasteiger charge is 2.38. The third-order valence-corrected chi connectivity index (χ3v) is 4.51. The van der Waals surface area contributed by atoms with Gasteiger partial charge in [0.1, 0.15) is 17.7 Å². The zero-order valence-corrected chi connectivity index (χ0v) is 11.1. The van der Waals surface area contributed by atoms with E-state index in [2.05, 4.69) is 14.9 Å². The maximum absolute atomic E-state index is 11.1. The van der Waals surface area contributed by atoms with E-state index in [1.54, 1.807) is 17.7 Å². The van der Waals surface area contributed by atoms with Gasteiger partial charge in [-0.05, 0) is 24.3 Å². The summed E-state index contributed by atoms with van der Waals surface area (Å²) in [7, 11) is 0. The molecule has 1 fully saturated rings. The minimum absolute atomic E-state index is 0.430. The number of nitrogens with zero attached hydrogens (tertiary/aromatic N) is 3. The van der Waals surface area contributed by atoms with Crippen LogP contribution < -0.4 is 10.6 Å². The third kappa shape index (κ3) is 2.04. The van der Waals surface area contributed by atoms with Gasteiger partial charge in [0, 0.05) is 13.1 Å². The van der Waals surface area contributed by atoms with E-state index in [1.807, 2.05) is 11.4 Å². The molecule has 6 nitrogen and oxygen atoms in total. The summed E-state index contributed by atoms with van der Waals surface area (Å²) < 4.78 is 1.04. The van der Waals surface area contributed by atoms with Crippen molar-refractivity contribution in [2.75, 3.05) is 18.0 Å². The van der Waals surface area contributed by atoms with Gasteiger partial charge >= 0.3 is 5.97 Å². The second-order valence-corrected chi connectivity index (χ2v) is 5.70. The molecule has 0 amide bonds. The number of anilines is 1. The Labute approximate surface area is 113 Å². The summed E-state index contributed by atoms with van der Waals surface area (Å²) in [4.78, 5) is 21.8. The van der Waals surface area contributed by atoms with Crippen molar-refractivity contribution < 1.29 is 9.90 Å². The highest BCUT2D eigenvalue weighted by Crippen LogP contribution is 2.31. The zero-order valence-electron chi connectivity index (χ0n) is 10.2. The van der Waals surface area contributed by atoms with Crippen LogP contribution in [0.4, 0.5) is 5.82 Å². The first-order chi connectivity index (χ1) is 9.10. The maximum atomic E-state index is 11.1. The van der Waals surface area contributed by atoms with Crippen molar-refractivity contribution in [1.29, 1.82) is 0 Å². The minimum atomic E-state index is -1.10. The first kappa shape index (κ1) is 12.3. The summed E-state index contributed by atoms with van der Waals surface area (Å²) in [6, 6.07) is 1.96. The number of nitrogens with two attached hydrogens (primary N) is 1. The summed E-state index contributed by atoms with van der Waals surface area (Å²) in [5.74, 6) is -0.0384. The molecule has 2 aromatic rings. The van der Waals surface area contributed by atoms with Crippen molar-refractivity contribution in [2.45, 2.75) is 18.4 Å². The van der Waals surface area contributed by atoms with E-state index >= 15 is 0 Å². The standard InChI is InChI=1S/C12H14N4O2S/c13-12(11(17)18)2-4-16(5-3-12)10-9-8(1-6-19-9)14-7-15-10/h1,6-7H,2-5,13H2,(H,17,18). The summed E-state index contributed by atoms with van der Waals surface area (Å²) in [6.07, 6.45) is 2.41. The molecule has 3 heterocycles. The molecular weight excluding hydrogens is 264 g/mol. The van der Waals surface area contributed by atoms with E-state index in [9.17, 15) is 4.79 Å². The Morgan fingerprint density at radius 3 is 2.84 bits per heavy atom. The van der Waals surface area contributed by atoms with Crippen LogP contribution in [0.2, 0.25) is 0 Å². The number of carbonyl (C=O) groups is 1. The minimum Gasteiger partial charge on any atom is -0.480 e. The van der Waals surface area contributed by atoms with Gasteiger partial charge in [0.2, 0.25) is 0 Å². The number of piperidine rings is 1. The Morgan fingerprint density at radius 2 is 2.16 bits per heavy atom. The number of carboxylic acid groups (broad SMARTS) is 1. The average molecular weight is 278 g/mol. The quantitative estimate of drug-likeness (QED) is 0.853. The van der Waals surface area contributed by atoms with Crippen LogP contribution in [0.15, 0.2) is 17.8 Å². The van der Waals surface area contributed by atoms with E-state index < -0.39 is 11.5 Å². The number of carboxylic acids is 1. The van der Waals surface area contributed by atoms with Crippen molar-refractivity contribution in [1.82, 2.24) is 9.97 Å². The molecule has 3 N–H and O–H groups in total. The number of fused-ring (bicyclic) bond motifs is 1. The molecule has 0 saturated carbocycles. The van der Waals surface area contributed by atoms with Crippen LogP contribution in [-0.2, 0) is 4.79 Å². The largest absolute Gasteiger partial charge is 0.480 e. The van der Waals surface area contributed by atoms with Gasteiger partial charge in [-0.3, -0.25) is 4.79 Å². The predicted octanol–water partition coefficient (Wildman–Crippen LogP) is 1.07. The van der Waals surface area contributed by atoms with E-state index in [4.69, 9.17) is 10.8 Å². The number of aromatic nitrogens is 2. The van der Waals surface area contributed by atoms with Gasteiger partial charge in [0.15, 0.2) is 0 Å². The second-order valence-electron chi connectivity index (χ2n) is 4.78. The molecule has 0 atom stereocenters. The molecule has 0 spiro atoms. The molecule has 1 saturated heterocycles. The topological polar surface area (TPSA) is 92.3 Å². The van der Waals surface area contributed by atoms with Crippen LogP contribution in [0.1, 0.15) is 12.8 Å². The van der Waals surface area contributed by atoms with Crippen molar-refractivity contribution in [3.8, 4) is 0 Å². The first-order valence-corrected chi connectivity index (χ1v) is 6.93. The van der Waals surface area contributed by atoms with E-state index in [0.717, 1.165) is 16.0 Å². The van der Waals surface area contributed by atoms with E-state index in [1.165, 1.54) is 0 Å². The lowest BCUT2D eigenvalue weighted by atomic mass is 9.89. The van der Waals surface area contributed by atoms with Gasteiger partial charge in [-0.25, -0.2) is 9.97 Å². The zero-order chi connectivity index (χ0) is 13.5. The molecule has 19 heavy (non-hydrogen) atoms. The fraction of sp³-hybridized carbons (Fsp3) is 0.417. The first-order valence-electron chi connectivity index (χ1n) is 6.06. The lowest BCUT2D eigenvalue weighted by molar-refractivity contribution is -0.144. The van der Waals surface area contributed by atoms with Crippen LogP contribution in [0.5, 0.6) is 0 Å². The monoisotopic (exact) mass is 278 g/mol. The fourth-order valence-electron chi connectivity index (χ4n) is 2.33. The molecule has 0 radical (unpaired) electrons. The number of hydrogen-bond acceptors (Lipinski definition) is 6. The Morgan fingerprint density at radius 1 is 1.42 bits per heavy atom. The molecule has 0 bridgehead atoms. The Hall–Kier alpha value is -1.73. The van der Waals surface area contributed by atoms with Crippen LogP contribution in [0.25, 0.3) is 10.2 Å². The number of hydrogen-bond donors (Lipinski definition) is 2. The third-order valence-electron chi connectivity index (χ3n) is 3.61. The Balaban J connectivity index is 1.86. The van der Waals surface area contributed by atoms with Gasteiger partial charge in [0.05, 0.1) is 10.2 Å². The summed E-state index contributed by atoms with van der Waals surface area (Å²) in [6.45, 7) is 1.21. The molecular formula is C12H14N4O2S. The van der Waals surface area contributed by atoms with Crippen LogP contribution >= 0.6 is 11.3 Å². The lowest BCUT2D eigenvalue weighted by Crippen LogP contribution is -2.55. The SMILES string of the molecule is NC1(C(=O)O)CCN(c2ncnc3ccsc23)CC1. The molecule has 100 valence electrons. The fourth-order valence-corrected chi connectivity index (χ4v) is 3.19. The Kier molecular flexibility index (Phi) is 2.87. The van der Waals surface area contributed by atoms with Gasteiger partial charge in [0.25, 0.3) is 0 Å². The number of rotatable bonds is 2. The summed E-state index contributed by atoms with van der Waals surface area (Å²) >= 11 is 1.60. The molecule has 1 aliphatic heterocycles. The van der Waals surface area contributed by atoms with Crippen LogP contribution in [0.3, 0.4) is 0 Å². The van der Waals surface area contributed by atoms with Crippen molar-refractivity contribution >= 4 is 33.3 Å². The lowest BCUT2D eigenvalue weighted by Gasteiger charge is -2.36. The molecule has 0 unspecified atom stereocenters. The van der Waals surface area contributed by atoms with Gasteiger partial charge in [-0.15, -0.1) is 11.3 Å². The molecule has 7 heteroatoms. The highest BCUT2D eigenvalue weighted by atomic mass is 32.1. The average Bonchev–Trinajstić information content (AvgIpc) is 2.87. The van der Waals surface area contributed by atoms with E-state index in [-0.39, 0.29) is 0 Å². The van der Waals surface area contributed by atoms with Gasteiger partial charge in [-0.2, -0.15) is 0 Å². The predicted molar refractivity (Wildman–Crippen MR) is 73.4 cm³/mol. The normalized spacial score (nSPS) is 18.7. The summed E-state index contributed by atoms with van der Waals surface area (Å²) in [5, 5.41) is 11.1. The molecule has 1 aliphatic rings. The van der Waals surface area contributed by atoms with Crippen molar-refractivity contribution in [3.63, 3.8) is 0 Å².